The van der Waals surface area contributed by atoms with Gasteiger partial charge in [-0.2, -0.15) is 0 Å². The van der Waals surface area contributed by atoms with Gasteiger partial charge < -0.3 is 9.47 Å². The Kier molecular flexibility index (Phi) is 9.75. The van der Waals surface area contributed by atoms with E-state index in [4.69, 9.17) is 9.47 Å². The largest absolute Gasteiger partial charge is 0.466 e. The highest BCUT2D eigenvalue weighted by atomic mass is 16.5. The van der Waals surface area contributed by atoms with E-state index in [1.807, 2.05) is 6.07 Å². The fourth-order valence-corrected chi connectivity index (χ4v) is 2.03. The van der Waals surface area contributed by atoms with Crippen molar-refractivity contribution in [2.24, 2.45) is 0 Å². The van der Waals surface area contributed by atoms with Crippen LogP contribution in [0.3, 0.4) is 0 Å². The number of hydrogen-bond acceptors (Lipinski definition) is 4. The van der Waals surface area contributed by atoms with Crippen LogP contribution in [0, 0.1) is 0 Å². The molecule has 22 heavy (non-hydrogen) atoms. The molecule has 1 rings (SSSR count). The lowest BCUT2D eigenvalue weighted by atomic mass is 10.1. The summed E-state index contributed by atoms with van der Waals surface area (Å²) in [6.45, 7) is 2.70. The number of hydrogen-bond donors (Lipinski definition) is 0. The van der Waals surface area contributed by atoms with E-state index in [0.29, 0.717) is 12.2 Å². The maximum atomic E-state index is 11.6. The Bertz CT molecular complexity index is 428. The summed E-state index contributed by atoms with van der Waals surface area (Å²) in [6, 6.07) is 8.73. The van der Waals surface area contributed by atoms with Gasteiger partial charge in [0.15, 0.2) is 0 Å². The zero-order chi connectivity index (χ0) is 16.0. The second-order valence-corrected chi connectivity index (χ2v) is 5.24. The summed E-state index contributed by atoms with van der Waals surface area (Å²) in [7, 11) is 0. The second kappa shape index (κ2) is 11.8. The molecule has 0 fully saturated rings. The maximum Gasteiger partial charge on any atom is 0.338 e. The van der Waals surface area contributed by atoms with Crippen molar-refractivity contribution in [3.8, 4) is 0 Å². The van der Waals surface area contributed by atoms with Crippen LogP contribution in [-0.2, 0) is 14.3 Å². The maximum absolute atomic E-state index is 11.6. The zero-order valence-corrected chi connectivity index (χ0v) is 13.4. The van der Waals surface area contributed by atoms with Crippen molar-refractivity contribution in [2.75, 3.05) is 13.2 Å². The van der Waals surface area contributed by atoms with Crippen molar-refractivity contribution in [1.82, 2.24) is 0 Å². The van der Waals surface area contributed by atoms with Crippen molar-refractivity contribution in [1.29, 1.82) is 0 Å². The summed E-state index contributed by atoms with van der Waals surface area (Å²) in [4.78, 5) is 23.1. The van der Waals surface area contributed by atoms with Gasteiger partial charge in [-0.05, 0) is 18.6 Å². The van der Waals surface area contributed by atoms with Gasteiger partial charge in [-0.3, -0.25) is 4.79 Å². The van der Waals surface area contributed by atoms with Crippen molar-refractivity contribution in [3.05, 3.63) is 35.9 Å². The summed E-state index contributed by atoms with van der Waals surface area (Å²) in [5.41, 5.74) is 0.489. The zero-order valence-electron chi connectivity index (χ0n) is 13.4. The Hall–Kier alpha value is -1.84. The van der Waals surface area contributed by atoms with E-state index in [2.05, 4.69) is 6.92 Å². The number of unbranched alkanes of at least 4 members (excludes halogenated alkanes) is 5. The molecule has 0 aromatic heterocycles. The molecule has 0 bridgehead atoms. The van der Waals surface area contributed by atoms with E-state index in [0.717, 1.165) is 12.8 Å². The van der Waals surface area contributed by atoms with E-state index in [9.17, 15) is 9.59 Å². The van der Waals surface area contributed by atoms with Gasteiger partial charge in [0, 0.05) is 0 Å². The predicted octanol–water partition coefficient (Wildman–Crippen LogP) is 4.14. The molecule has 0 saturated carbocycles. The molecule has 0 unspecified atom stereocenters. The molecule has 4 nitrogen and oxygen atoms in total. The topological polar surface area (TPSA) is 52.6 Å². The summed E-state index contributed by atoms with van der Waals surface area (Å²) >= 11 is 0. The third-order valence-electron chi connectivity index (χ3n) is 3.31. The van der Waals surface area contributed by atoms with Crippen LogP contribution >= 0.6 is 0 Å². The minimum Gasteiger partial charge on any atom is -0.466 e. The third kappa shape index (κ3) is 8.45. The molecule has 0 amide bonds. The van der Waals surface area contributed by atoms with Gasteiger partial charge in [0.25, 0.3) is 0 Å². The van der Waals surface area contributed by atoms with Crippen LogP contribution < -0.4 is 0 Å². The molecule has 0 aliphatic rings. The van der Waals surface area contributed by atoms with E-state index >= 15 is 0 Å². The van der Waals surface area contributed by atoms with Crippen molar-refractivity contribution in [3.63, 3.8) is 0 Å². The fraction of sp³-hybridized carbons (Fsp3) is 0.556. The van der Waals surface area contributed by atoms with Gasteiger partial charge in [-0.1, -0.05) is 57.2 Å². The average molecular weight is 306 g/mol. The lowest BCUT2D eigenvalue weighted by molar-refractivity contribution is -0.144. The minimum absolute atomic E-state index is 0.0586. The standard InChI is InChI=1S/C18H26O4/c1-2-3-4-5-6-10-14-21-17(19)13-15-22-18(20)16-11-8-7-9-12-16/h7-9,11-12H,2-6,10,13-15H2,1H3. The first-order chi connectivity index (χ1) is 10.7. The first-order valence-corrected chi connectivity index (χ1v) is 8.12. The van der Waals surface area contributed by atoms with Crippen LogP contribution in [-0.4, -0.2) is 25.2 Å². The number of carbonyl (C=O) groups is 2. The Morgan fingerprint density at radius 2 is 1.55 bits per heavy atom. The van der Waals surface area contributed by atoms with Crippen molar-refractivity contribution >= 4 is 11.9 Å². The number of ether oxygens (including phenoxy) is 2. The molecule has 4 heteroatoms. The molecule has 122 valence electrons. The first kappa shape index (κ1) is 18.2. The smallest absolute Gasteiger partial charge is 0.338 e. The molecule has 0 N–H and O–H groups in total. The lowest BCUT2D eigenvalue weighted by Crippen LogP contribution is -2.12. The van der Waals surface area contributed by atoms with Gasteiger partial charge in [0.2, 0.25) is 0 Å². The third-order valence-corrected chi connectivity index (χ3v) is 3.31. The van der Waals surface area contributed by atoms with Crippen molar-refractivity contribution < 1.29 is 19.1 Å². The average Bonchev–Trinajstić information content (AvgIpc) is 2.54. The highest BCUT2D eigenvalue weighted by Crippen LogP contribution is 2.05. The molecule has 0 heterocycles. The van der Waals surface area contributed by atoms with Gasteiger partial charge in [0.1, 0.15) is 6.61 Å². The van der Waals surface area contributed by atoms with Gasteiger partial charge in [0.05, 0.1) is 18.6 Å². The van der Waals surface area contributed by atoms with E-state index in [-0.39, 0.29) is 19.0 Å². The number of benzene rings is 1. The van der Waals surface area contributed by atoms with E-state index in [1.54, 1.807) is 24.3 Å². The quantitative estimate of drug-likeness (QED) is 0.455. The number of carbonyl (C=O) groups excluding carboxylic acids is 2. The minimum atomic E-state index is -0.413. The monoisotopic (exact) mass is 306 g/mol. The summed E-state index contributed by atoms with van der Waals surface area (Å²) < 4.78 is 10.1. The molecule has 0 aliphatic heterocycles. The molecule has 1 aromatic carbocycles. The number of rotatable bonds is 11. The van der Waals surface area contributed by atoms with E-state index in [1.165, 1.54) is 25.7 Å². The summed E-state index contributed by atoms with van der Waals surface area (Å²) in [5.74, 6) is -0.723. The predicted molar refractivity (Wildman–Crippen MR) is 85.7 cm³/mol. The number of esters is 2. The van der Waals surface area contributed by atoms with Crippen LogP contribution in [0.4, 0.5) is 0 Å². The van der Waals surface area contributed by atoms with Crippen LogP contribution in [0.25, 0.3) is 0 Å². The Labute approximate surface area is 132 Å². The molecule has 0 radical (unpaired) electrons. The lowest BCUT2D eigenvalue weighted by Gasteiger charge is -2.06. The Balaban J connectivity index is 2.00. The van der Waals surface area contributed by atoms with Gasteiger partial charge in [-0.25, -0.2) is 4.79 Å². The van der Waals surface area contributed by atoms with Crippen LogP contribution in [0.5, 0.6) is 0 Å². The fourth-order valence-electron chi connectivity index (χ4n) is 2.03. The second-order valence-electron chi connectivity index (χ2n) is 5.24. The van der Waals surface area contributed by atoms with Crippen molar-refractivity contribution in [2.45, 2.75) is 51.9 Å². The van der Waals surface area contributed by atoms with Gasteiger partial charge >= 0.3 is 11.9 Å². The summed E-state index contributed by atoms with van der Waals surface area (Å²) in [5, 5.41) is 0. The summed E-state index contributed by atoms with van der Waals surface area (Å²) in [6.07, 6.45) is 7.05. The highest BCUT2D eigenvalue weighted by molar-refractivity contribution is 5.89. The SMILES string of the molecule is CCCCCCCCOC(=O)CCOC(=O)c1ccccc1. The molecule has 0 saturated heterocycles. The highest BCUT2D eigenvalue weighted by Gasteiger charge is 2.08. The molecule has 0 aliphatic carbocycles. The Morgan fingerprint density at radius 1 is 0.864 bits per heavy atom. The van der Waals surface area contributed by atoms with Crippen LogP contribution in [0.15, 0.2) is 30.3 Å². The molecular formula is C18H26O4. The Morgan fingerprint density at radius 3 is 2.27 bits per heavy atom. The first-order valence-electron chi connectivity index (χ1n) is 8.12. The normalized spacial score (nSPS) is 10.2. The molecule has 1 aromatic rings. The molecular weight excluding hydrogens is 280 g/mol. The van der Waals surface area contributed by atoms with E-state index < -0.39 is 5.97 Å². The van der Waals surface area contributed by atoms with Crippen LogP contribution in [0.1, 0.15) is 62.2 Å². The molecule has 0 atom stereocenters. The molecule has 0 spiro atoms. The van der Waals surface area contributed by atoms with Gasteiger partial charge in [-0.15, -0.1) is 0 Å². The van der Waals surface area contributed by atoms with Crippen LogP contribution in [0.2, 0.25) is 0 Å².